The second-order valence-corrected chi connectivity index (χ2v) is 7.69. The highest BCUT2D eigenvalue weighted by atomic mass is 32.1. The highest BCUT2D eigenvalue weighted by Crippen LogP contribution is 2.12. The van der Waals surface area contributed by atoms with Gasteiger partial charge in [0, 0.05) is 7.11 Å². The van der Waals surface area contributed by atoms with E-state index in [9.17, 15) is 0 Å². The van der Waals surface area contributed by atoms with Crippen LogP contribution in [0.2, 0.25) is 0 Å². The van der Waals surface area contributed by atoms with Crippen LogP contribution in [0.15, 0.2) is 39.5 Å². The van der Waals surface area contributed by atoms with Gasteiger partial charge in [-0.1, -0.05) is 30.9 Å². The van der Waals surface area contributed by atoms with E-state index >= 15 is 0 Å². The van der Waals surface area contributed by atoms with Gasteiger partial charge >= 0.3 is 0 Å². The summed E-state index contributed by atoms with van der Waals surface area (Å²) in [7, 11) is 1.64. The topological polar surface area (TPSA) is 34.8 Å². The summed E-state index contributed by atoms with van der Waals surface area (Å²) in [5.41, 5.74) is 0.737. The molecule has 0 aromatic carbocycles. The lowest BCUT2D eigenvalue weighted by atomic mass is 10.1. The molecule has 2 rings (SSSR count). The number of furan rings is 1. The lowest BCUT2D eigenvalue weighted by molar-refractivity contribution is 0.0742. The van der Waals surface area contributed by atoms with Crippen LogP contribution in [-0.4, -0.2) is 37.3 Å². The van der Waals surface area contributed by atoms with Crippen LogP contribution in [0, 0.1) is 23.7 Å². The third kappa shape index (κ3) is 9.17. The first kappa shape index (κ1) is 23.0. The summed E-state index contributed by atoms with van der Waals surface area (Å²) >= 11 is 1.69. The van der Waals surface area contributed by atoms with E-state index in [1.54, 1.807) is 18.4 Å². The summed E-state index contributed by atoms with van der Waals surface area (Å²) in [6.07, 6.45) is 4.07. The minimum Gasteiger partial charge on any atom is -0.462 e. The molecule has 2 aromatic rings. The Morgan fingerprint density at radius 2 is 2.03 bits per heavy atom. The molecule has 0 spiro atoms. The van der Waals surface area contributed by atoms with Crippen molar-refractivity contribution in [2.45, 2.75) is 39.5 Å². The van der Waals surface area contributed by atoms with Gasteiger partial charge in [0.1, 0.15) is 23.7 Å². The Balaban J connectivity index is 1.74. The summed E-state index contributed by atoms with van der Waals surface area (Å²) < 4.78 is 16.8. The lowest BCUT2D eigenvalue weighted by Crippen LogP contribution is -2.22. The molecular formula is C24H29NO3S. The minimum atomic E-state index is -0.467. The van der Waals surface area contributed by atoms with Crippen LogP contribution < -0.4 is 0 Å². The van der Waals surface area contributed by atoms with Gasteiger partial charge in [-0.05, 0) is 66.8 Å². The summed E-state index contributed by atoms with van der Waals surface area (Å²) in [6.45, 7) is 9.18. The maximum atomic E-state index is 5.87. The molecule has 0 fully saturated rings. The summed E-state index contributed by atoms with van der Waals surface area (Å²) in [5.74, 6) is 13.6. The van der Waals surface area contributed by atoms with Gasteiger partial charge < -0.3 is 13.9 Å². The van der Waals surface area contributed by atoms with Crippen molar-refractivity contribution in [2.75, 3.05) is 26.8 Å². The number of ether oxygens (including phenoxy) is 2. The van der Waals surface area contributed by atoms with Gasteiger partial charge in [-0.3, -0.25) is 4.90 Å². The molecule has 0 amide bonds. The van der Waals surface area contributed by atoms with Crippen molar-refractivity contribution in [3.8, 4) is 23.7 Å². The molecule has 0 aliphatic rings. The molecule has 2 aromatic heterocycles. The molecule has 5 heteroatoms. The predicted molar refractivity (Wildman–Crippen MR) is 119 cm³/mol. The normalized spacial score (nSPS) is 11.3. The zero-order valence-electron chi connectivity index (χ0n) is 17.7. The van der Waals surface area contributed by atoms with Crippen LogP contribution >= 0.6 is 11.3 Å². The zero-order valence-corrected chi connectivity index (χ0v) is 18.5. The van der Waals surface area contributed by atoms with Crippen LogP contribution in [0.3, 0.4) is 0 Å². The molecule has 154 valence electrons. The molecule has 0 aliphatic carbocycles. The van der Waals surface area contributed by atoms with E-state index in [0.717, 1.165) is 18.1 Å². The van der Waals surface area contributed by atoms with E-state index in [1.807, 2.05) is 32.1 Å². The van der Waals surface area contributed by atoms with E-state index in [1.165, 1.54) is 5.56 Å². The Morgan fingerprint density at radius 3 is 2.76 bits per heavy atom. The van der Waals surface area contributed by atoms with Gasteiger partial charge in [-0.25, -0.2) is 0 Å². The summed E-state index contributed by atoms with van der Waals surface area (Å²) in [4.78, 5) is 2.20. The average Bonchev–Trinajstić information content (AvgIpc) is 3.38. The fraction of sp³-hybridized carbons (Fsp3) is 0.417. The second-order valence-electron chi connectivity index (χ2n) is 6.91. The predicted octanol–water partition coefficient (Wildman–Crippen LogP) is 4.82. The van der Waals surface area contributed by atoms with Crippen molar-refractivity contribution in [3.63, 3.8) is 0 Å². The molecule has 2 heterocycles. The van der Waals surface area contributed by atoms with E-state index < -0.39 is 5.60 Å². The minimum absolute atomic E-state index is 0.463. The Kier molecular flexibility index (Phi) is 9.77. The molecule has 0 bridgehead atoms. The second kappa shape index (κ2) is 12.3. The van der Waals surface area contributed by atoms with Gasteiger partial charge in [0.15, 0.2) is 0 Å². The van der Waals surface area contributed by atoms with E-state index in [-0.39, 0.29) is 0 Å². The monoisotopic (exact) mass is 411 g/mol. The van der Waals surface area contributed by atoms with Crippen LogP contribution in [0.5, 0.6) is 0 Å². The third-order valence-corrected chi connectivity index (χ3v) is 4.88. The van der Waals surface area contributed by atoms with Gasteiger partial charge in [0.25, 0.3) is 0 Å². The maximum Gasteiger partial charge on any atom is 0.129 e. The highest BCUT2D eigenvalue weighted by molar-refractivity contribution is 7.08. The lowest BCUT2D eigenvalue weighted by Gasteiger charge is -2.15. The molecule has 4 nitrogen and oxygen atoms in total. The van der Waals surface area contributed by atoms with Gasteiger partial charge in [-0.2, -0.15) is 11.3 Å². The van der Waals surface area contributed by atoms with Crippen LogP contribution in [0.1, 0.15) is 37.9 Å². The largest absolute Gasteiger partial charge is 0.462 e. The molecule has 0 saturated heterocycles. The van der Waals surface area contributed by atoms with Crippen molar-refractivity contribution < 1.29 is 13.9 Å². The van der Waals surface area contributed by atoms with Crippen molar-refractivity contribution >= 4 is 17.4 Å². The highest BCUT2D eigenvalue weighted by Gasteiger charge is 2.10. The van der Waals surface area contributed by atoms with Crippen LogP contribution in [0.4, 0.5) is 0 Å². The fourth-order valence-electron chi connectivity index (χ4n) is 2.29. The van der Waals surface area contributed by atoms with Crippen molar-refractivity contribution in [1.29, 1.82) is 0 Å². The molecule has 0 radical (unpaired) electrons. The number of rotatable bonds is 10. The molecule has 0 aliphatic heterocycles. The first-order valence-electron chi connectivity index (χ1n) is 9.64. The van der Waals surface area contributed by atoms with Crippen molar-refractivity contribution in [2.24, 2.45) is 0 Å². The van der Waals surface area contributed by atoms with Gasteiger partial charge in [-0.15, -0.1) is 0 Å². The van der Waals surface area contributed by atoms with Crippen molar-refractivity contribution in [3.05, 3.63) is 52.1 Å². The maximum absolute atomic E-state index is 5.87. The van der Waals surface area contributed by atoms with Gasteiger partial charge in [0.05, 0.1) is 19.7 Å². The van der Waals surface area contributed by atoms with E-state index in [2.05, 4.69) is 58.4 Å². The van der Waals surface area contributed by atoms with E-state index in [0.29, 0.717) is 26.3 Å². The zero-order chi connectivity index (χ0) is 21.0. The molecule has 0 unspecified atom stereocenters. The number of hydrogen-bond acceptors (Lipinski definition) is 5. The van der Waals surface area contributed by atoms with Crippen LogP contribution in [-0.2, 0) is 22.6 Å². The number of nitrogens with zero attached hydrogens (tertiary/aromatic N) is 1. The van der Waals surface area contributed by atoms with Crippen molar-refractivity contribution in [1.82, 2.24) is 4.90 Å². The quantitative estimate of drug-likeness (QED) is 0.415. The summed E-state index contributed by atoms with van der Waals surface area (Å²) in [5, 5.41) is 4.16. The molecular weight excluding hydrogens is 382 g/mol. The Labute approximate surface area is 178 Å². The standard InChI is InChI=1S/C24H29NO3S/c1-5-25(15-8-6-7-14-24(2,3)26-4)18-22-11-12-23(28-22)19-27-16-9-10-21-13-17-29-20-21/h9-13,17,20H,5,15-16,18-19H2,1-4H3/b10-9+. The smallest absolute Gasteiger partial charge is 0.129 e. The Bertz CT molecular complexity index is 873. The van der Waals surface area contributed by atoms with Crippen LogP contribution in [0.25, 0.3) is 6.08 Å². The molecule has 0 N–H and O–H groups in total. The van der Waals surface area contributed by atoms with Gasteiger partial charge in [0.2, 0.25) is 0 Å². The molecule has 0 atom stereocenters. The third-order valence-electron chi connectivity index (χ3n) is 4.18. The molecule has 0 saturated carbocycles. The SMILES string of the molecule is CCN(CC#CC#CC(C)(C)OC)Cc1ccc(COC/C=C/c2ccsc2)o1. The number of hydrogen-bond donors (Lipinski definition) is 0. The fourth-order valence-corrected chi connectivity index (χ4v) is 2.92. The Hall–Kier alpha value is -2.28. The first-order valence-corrected chi connectivity index (χ1v) is 10.6. The number of thiophene rings is 1. The molecule has 29 heavy (non-hydrogen) atoms. The first-order chi connectivity index (χ1) is 14.0. The average molecular weight is 412 g/mol. The Morgan fingerprint density at radius 1 is 1.21 bits per heavy atom. The summed E-state index contributed by atoms with van der Waals surface area (Å²) in [6, 6.07) is 6.05. The number of methoxy groups -OCH3 is 1. The van der Waals surface area contributed by atoms with E-state index in [4.69, 9.17) is 13.9 Å².